The van der Waals surface area contributed by atoms with Gasteiger partial charge in [-0.1, -0.05) is 29.3 Å². The number of aryl methyl sites for hydroxylation is 1. The summed E-state index contributed by atoms with van der Waals surface area (Å²) in [5.74, 6) is 1.68. The Morgan fingerprint density at radius 3 is 2.45 bits per heavy atom. The van der Waals surface area contributed by atoms with Crippen LogP contribution < -0.4 is 25.2 Å². The third-order valence-corrected chi connectivity index (χ3v) is 8.99. The molecule has 9 nitrogen and oxygen atoms in total. The van der Waals surface area contributed by atoms with Gasteiger partial charge < -0.3 is 25.2 Å². The Morgan fingerprint density at radius 1 is 0.976 bits per heavy atom. The van der Waals surface area contributed by atoms with E-state index >= 15 is 0 Å². The van der Waals surface area contributed by atoms with E-state index in [9.17, 15) is 4.79 Å². The number of rotatable bonds is 7. The molecule has 42 heavy (non-hydrogen) atoms. The van der Waals surface area contributed by atoms with Crippen molar-refractivity contribution >= 4 is 79.4 Å². The monoisotopic (exact) mass is 619 g/mol. The molecule has 2 aromatic carbocycles. The van der Waals surface area contributed by atoms with Gasteiger partial charge in [0.15, 0.2) is 5.82 Å². The fraction of sp³-hybridized carbons (Fsp3) is 0.200. The van der Waals surface area contributed by atoms with Crippen molar-refractivity contribution in [2.24, 2.45) is 0 Å². The number of ether oxygens (including phenoxy) is 1. The van der Waals surface area contributed by atoms with Crippen LogP contribution in [0.25, 0.3) is 10.2 Å². The molecule has 6 rings (SSSR count). The smallest absolute Gasteiger partial charge is 0.258 e. The largest absolute Gasteiger partial charge is 0.495 e. The molecule has 1 saturated heterocycles. The van der Waals surface area contributed by atoms with E-state index in [2.05, 4.69) is 53.6 Å². The molecule has 0 spiro atoms. The standard InChI is InChI=1S/C30H27Cl2N7O2S/c1-18-15-22(41-2)25(32)27(24(18)31)37-30(40)21-16-42-28-26(21)34-17-35-29(28)36-19-6-8-20(9-7-19)38-11-13-39(14-12-38)23-5-3-4-10-33-23/h3-10,15-17H,11-14H2,1-2H3,(H,37,40)(H,34,35,36). The number of methoxy groups -OCH3 is 1. The highest BCUT2D eigenvalue weighted by molar-refractivity contribution is 7.18. The second kappa shape index (κ2) is 12.0. The third kappa shape index (κ3) is 5.53. The molecule has 0 unspecified atom stereocenters. The molecule has 12 heteroatoms. The zero-order chi connectivity index (χ0) is 29.2. The summed E-state index contributed by atoms with van der Waals surface area (Å²) in [6.45, 7) is 5.49. The molecule has 5 aromatic rings. The van der Waals surface area contributed by atoms with Crippen molar-refractivity contribution in [3.8, 4) is 5.75 Å². The molecule has 0 saturated carbocycles. The molecule has 1 aliphatic heterocycles. The summed E-state index contributed by atoms with van der Waals surface area (Å²) >= 11 is 14.3. The predicted molar refractivity (Wildman–Crippen MR) is 172 cm³/mol. The number of benzene rings is 2. The first-order valence-electron chi connectivity index (χ1n) is 13.3. The minimum Gasteiger partial charge on any atom is -0.495 e. The van der Waals surface area contributed by atoms with E-state index in [4.69, 9.17) is 27.9 Å². The normalized spacial score (nSPS) is 13.3. The van der Waals surface area contributed by atoms with E-state index in [1.807, 2.05) is 37.4 Å². The number of piperazine rings is 1. The molecule has 1 aliphatic rings. The maximum Gasteiger partial charge on any atom is 0.258 e. The number of hydrogen-bond donors (Lipinski definition) is 2. The molecule has 0 bridgehead atoms. The van der Waals surface area contributed by atoms with Crippen LogP contribution in [0.3, 0.4) is 0 Å². The van der Waals surface area contributed by atoms with Gasteiger partial charge in [0.25, 0.3) is 5.91 Å². The number of fused-ring (bicyclic) bond motifs is 1. The summed E-state index contributed by atoms with van der Waals surface area (Å²) in [7, 11) is 1.51. The van der Waals surface area contributed by atoms with Crippen molar-refractivity contribution in [2.45, 2.75) is 6.92 Å². The summed E-state index contributed by atoms with van der Waals surface area (Å²) < 4.78 is 6.08. The number of pyridine rings is 1. The van der Waals surface area contributed by atoms with E-state index in [1.54, 1.807) is 11.4 Å². The number of aromatic nitrogens is 3. The number of nitrogens with zero attached hydrogens (tertiary/aromatic N) is 5. The van der Waals surface area contributed by atoms with Crippen molar-refractivity contribution in [3.05, 3.63) is 87.6 Å². The molecular formula is C30H27Cl2N7O2S. The Morgan fingerprint density at radius 2 is 1.74 bits per heavy atom. The SMILES string of the molecule is COc1cc(C)c(Cl)c(NC(=O)c2csc3c(Nc4ccc(N5CCN(c6ccccn6)CC5)cc4)ncnc23)c1Cl. The van der Waals surface area contributed by atoms with Gasteiger partial charge in [-0.15, -0.1) is 11.3 Å². The number of carbonyl (C=O) groups excluding carboxylic acids is 1. The van der Waals surface area contributed by atoms with E-state index in [0.29, 0.717) is 33.4 Å². The van der Waals surface area contributed by atoms with Crippen LogP contribution >= 0.6 is 34.5 Å². The lowest BCUT2D eigenvalue weighted by atomic mass is 10.2. The van der Waals surface area contributed by atoms with Gasteiger partial charge in [-0.05, 0) is 55.0 Å². The van der Waals surface area contributed by atoms with Crippen molar-refractivity contribution in [2.75, 3.05) is 53.7 Å². The molecule has 1 amide bonds. The predicted octanol–water partition coefficient (Wildman–Crippen LogP) is 7.03. The van der Waals surface area contributed by atoms with Gasteiger partial charge in [-0.2, -0.15) is 0 Å². The Labute approximate surface area is 257 Å². The van der Waals surface area contributed by atoms with Crippen LogP contribution in [0.15, 0.2) is 66.4 Å². The van der Waals surface area contributed by atoms with Crippen LogP contribution in [-0.2, 0) is 0 Å². The maximum absolute atomic E-state index is 13.3. The van der Waals surface area contributed by atoms with Crippen molar-refractivity contribution in [1.29, 1.82) is 0 Å². The lowest BCUT2D eigenvalue weighted by Gasteiger charge is -2.36. The Balaban J connectivity index is 1.16. The van der Waals surface area contributed by atoms with E-state index in [-0.39, 0.29) is 10.9 Å². The van der Waals surface area contributed by atoms with Gasteiger partial charge in [0.2, 0.25) is 0 Å². The van der Waals surface area contributed by atoms with Crippen molar-refractivity contribution in [1.82, 2.24) is 15.0 Å². The highest BCUT2D eigenvalue weighted by Gasteiger charge is 2.22. The van der Waals surface area contributed by atoms with Gasteiger partial charge in [-0.3, -0.25) is 4.79 Å². The molecule has 1 fully saturated rings. The quantitative estimate of drug-likeness (QED) is 0.200. The van der Waals surface area contributed by atoms with Crippen molar-refractivity contribution < 1.29 is 9.53 Å². The average molecular weight is 621 g/mol. The number of carbonyl (C=O) groups is 1. The lowest BCUT2D eigenvalue weighted by molar-refractivity contribution is 0.102. The summed E-state index contributed by atoms with van der Waals surface area (Å²) in [5, 5.41) is 8.56. The molecule has 2 N–H and O–H groups in total. The second-order valence-electron chi connectivity index (χ2n) is 9.74. The van der Waals surface area contributed by atoms with E-state index < -0.39 is 0 Å². The van der Waals surface area contributed by atoms with Gasteiger partial charge in [0.1, 0.15) is 22.9 Å². The first-order valence-corrected chi connectivity index (χ1v) is 14.9. The lowest BCUT2D eigenvalue weighted by Crippen LogP contribution is -2.46. The zero-order valence-electron chi connectivity index (χ0n) is 22.9. The number of halogens is 2. The van der Waals surface area contributed by atoms with Gasteiger partial charge in [-0.25, -0.2) is 15.0 Å². The maximum atomic E-state index is 13.3. The molecular weight excluding hydrogens is 593 g/mol. The number of amides is 1. The molecule has 4 heterocycles. The molecule has 3 aromatic heterocycles. The fourth-order valence-electron chi connectivity index (χ4n) is 4.91. The van der Waals surface area contributed by atoms with Crippen LogP contribution in [0.1, 0.15) is 15.9 Å². The zero-order valence-corrected chi connectivity index (χ0v) is 25.2. The summed E-state index contributed by atoms with van der Waals surface area (Å²) in [5.41, 5.74) is 4.00. The molecule has 0 aliphatic carbocycles. The number of hydrogen-bond acceptors (Lipinski definition) is 9. The fourth-order valence-corrected chi connectivity index (χ4v) is 6.37. The minimum absolute atomic E-state index is 0.233. The first kappa shape index (κ1) is 28.0. The van der Waals surface area contributed by atoms with Gasteiger partial charge >= 0.3 is 0 Å². The Hall–Kier alpha value is -4.12. The summed E-state index contributed by atoms with van der Waals surface area (Å²) in [4.78, 5) is 31.3. The number of nitrogens with one attached hydrogen (secondary N) is 2. The highest BCUT2D eigenvalue weighted by Crippen LogP contribution is 2.41. The van der Waals surface area contributed by atoms with Crippen LogP contribution in [0.2, 0.25) is 10.0 Å². The van der Waals surface area contributed by atoms with Crippen LogP contribution in [0, 0.1) is 6.92 Å². The summed E-state index contributed by atoms with van der Waals surface area (Å²) in [6, 6.07) is 16.0. The summed E-state index contributed by atoms with van der Waals surface area (Å²) in [6.07, 6.45) is 3.28. The van der Waals surface area contributed by atoms with Gasteiger partial charge in [0, 0.05) is 49.1 Å². The van der Waals surface area contributed by atoms with Crippen LogP contribution in [-0.4, -0.2) is 54.1 Å². The van der Waals surface area contributed by atoms with Gasteiger partial charge in [0.05, 0.1) is 33.6 Å². The van der Waals surface area contributed by atoms with E-state index in [0.717, 1.165) is 53.6 Å². The molecule has 214 valence electrons. The molecule has 0 atom stereocenters. The number of anilines is 5. The molecule has 0 radical (unpaired) electrons. The van der Waals surface area contributed by atoms with E-state index in [1.165, 1.54) is 24.8 Å². The minimum atomic E-state index is -0.380. The second-order valence-corrected chi connectivity index (χ2v) is 11.4. The van der Waals surface area contributed by atoms with Crippen LogP contribution in [0.4, 0.5) is 28.7 Å². The highest BCUT2D eigenvalue weighted by atomic mass is 35.5. The Kier molecular flexibility index (Phi) is 8.01. The third-order valence-electron chi connectivity index (χ3n) is 7.15. The van der Waals surface area contributed by atoms with Crippen molar-refractivity contribution in [3.63, 3.8) is 0 Å². The average Bonchev–Trinajstić information content (AvgIpc) is 3.47. The van der Waals surface area contributed by atoms with Crippen LogP contribution in [0.5, 0.6) is 5.75 Å². The first-order chi connectivity index (χ1) is 20.4. The number of thiophene rings is 1. The topological polar surface area (TPSA) is 95.5 Å². The Bertz CT molecular complexity index is 1740.